The fourth-order valence-corrected chi connectivity index (χ4v) is 3.40. The van der Waals surface area contributed by atoms with Crippen LogP contribution in [0.1, 0.15) is 24.8 Å². The number of hydrogen-bond donors (Lipinski definition) is 1. The number of rotatable bonds is 9. The summed E-state index contributed by atoms with van der Waals surface area (Å²) in [5, 5.41) is 3.67. The lowest BCUT2D eigenvalue weighted by atomic mass is 10.0. The Morgan fingerprint density at radius 2 is 2.17 bits per heavy atom. The molecule has 2 rings (SSSR count). The van der Waals surface area contributed by atoms with E-state index in [0.29, 0.717) is 12.6 Å². The molecule has 0 bridgehead atoms. The predicted molar refractivity (Wildman–Crippen MR) is 101 cm³/mol. The van der Waals surface area contributed by atoms with Gasteiger partial charge in [0.1, 0.15) is 12.4 Å². The number of benzene rings is 1. The van der Waals surface area contributed by atoms with Crippen LogP contribution in [0, 0.1) is 12.3 Å². The molecule has 0 aliphatic carbocycles. The lowest BCUT2D eigenvalue weighted by molar-refractivity contribution is 0.152. The molecule has 1 aliphatic rings. The van der Waals surface area contributed by atoms with E-state index in [0.717, 1.165) is 55.0 Å². The van der Waals surface area contributed by atoms with Crippen LogP contribution in [0.15, 0.2) is 22.7 Å². The number of nitrogens with zero attached hydrogens (tertiary/aromatic N) is 1. The number of terminal acetylenes is 1. The third-order valence-electron chi connectivity index (χ3n) is 4.33. The van der Waals surface area contributed by atoms with E-state index >= 15 is 0 Å². The Kier molecular flexibility index (Phi) is 8.62. The smallest absolute Gasteiger partial charge is 0.148 e. The van der Waals surface area contributed by atoms with Crippen molar-refractivity contribution < 1.29 is 9.47 Å². The second-order valence-electron chi connectivity index (χ2n) is 6.09. The Labute approximate surface area is 154 Å². The molecule has 132 valence electrons. The highest BCUT2D eigenvalue weighted by Gasteiger charge is 2.18. The first kappa shape index (κ1) is 19.3. The summed E-state index contributed by atoms with van der Waals surface area (Å²) in [5.41, 5.74) is 1.14. The van der Waals surface area contributed by atoms with Gasteiger partial charge in [-0.3, -0.25) is 0 Å². The molecule has 24 heavy (non-hydrogen) atoms. The standard InChI is InChI=1S/C19H27BrN2O2/c1-3-12-24-19-6-5-17(20)14-16(19)15-21-18-7-10-22(11-8-18)9-4-13-23-2/h1,5-6,14,18,21H,4,7-13,15H2,2H3. The van der Waals surface area contributed by atoms with Crippen LogP contribution in [-0.2, 0) is 11.3 Å². The quantitative estimate of drug-likeness (QED) is 0.515. The zero-order valence-electron chi connectivity index (χ0n) is 14.4. The van der Waals surface area contributed by atoms with Crippen molar-refractivity contribution in [3.05, 3.63) is 28.2 Å². The first-order chi connectivity index (χ1) is 11.7. The van der Waals surface area contributed by atoms with E-state index in [-0.39, 0.29) is 0 Å². The molecule has 0 saturated carbocycles. The van der Waals surface area contributed by atoms with Gasteiger partial charge in [-0.25, -0.2) is 0 Å². The monoisotopic (exact) mass is 394 g/mol. The van der Waals surface area contributed by atoms with Crippen molar-refractivity contribution in [2.24, 2.45) is 0 Å². The summed E-state index contributed by atoms with van der Waals surface area (Å²) in [6.07, 6.45) is 8.77. The molecule has 0 aromatic heterocycles. The number of likely N-dealkylation sites (tertiary alicyclic amines) is 1. The van der Waals surface area contributed by atoms with E-state index in [1.165, 1.54) is 12.8 Å². The maximum Gasteiger partial charge on any atom is 0.148 e. The zero-order chi connectivity index (χ0) is 17.2. The van der Waals surface area contributed by atoms with Crippen LogP contribution in [0.3, 0.4) is 0 Å². The highest BCUT2D eigenvalue weighted by Crippen LogP contribution is 2.24. The van der Waals surface area contributed by atoms with Crippen molar-refractivity contribution in [2.75, 3.05) is 40.0 Å². The van der Waals surface area contributed by atoms with Crippen molar-refractivity contribution >= 4 is 15.9 Å². The van der Waals surface area contributed by atoms with Crippen LogP contribution in [-0.4, -0.2) is 50.9 Å². The molecule has 0 unspecified atom stereocenters. The molecule has 0 amide bonds. The molecule has 1 N–H and O–H groups in total. The largest absolute Gasteiger partial charge is 0.481 e. The molecule has 1 saturated heterocycles. The Morgan fingerprint density at radius 3 is 2.88 bits per heavy atom. The van der Waals surface area contributed by atoms with Gasteiger partial charge in [0, 0.05) is 42.9 Å². The normalized spacial score (nSPS) is 16.0. The van der Waals surface area contributed by atoms with Gasteiger partial charge >= 0.3 is 0 Å². The third-order valence-corrected chi connectivity index (χ3v) is 4.82. The van der Waals surface area contributed by atoms with Crippen molar-refractivity contribution in [1.29, 1.82) is 0 Å². The predicted octanol–water partition coefficient (Wildman–Crippen LogP) is 3.05. The van der Waals surface area contributed by atoms with E-state index < -0.39 is 0 Å². The van der Waals surface area contributed by atoms with Crippen LogP contribution < -0.4 is 10.1 Å². The Balaban J connectivity index is 1.78. The molecule has 1 aromatic rings. The minimum absolute atomic E-state index is 0.300. The van der Waals surface area contributed by atoms with Gasteiger partial charge in [-0.05, 0) is 50.6 Å². The van der Waals surface area contributed by atoms with Gasteiger partial charge in [0.15, 0.2) is 0 Å². The summed E-state index contributed by atoms with van der Waals surface area (Å²) in [7, 11) is 1.76. The molecule has 0 atom stereocenters. The molecular formula is C19H27BrN2O2. The molecule has 4 nitrogen and oxygen atoms in total. The number of halogens is 1. The Bertz CT molecular complexity index is 537. The van der Waals surface area contributed by atoms with Crippen molar-refractivity contribution in [3.63, 3.8) is 0 Å². The minimum Gasteiger partial charge on any atom is -0.481 e. The summed E-state index contributed by atoms with van der Waals surface area (Å²) in [6, 6.07) is 6.60. The highest BCUT2D eigenvalue weighted by molar-refractivity contribution is 9.10. The van der Waals surface area contributed by atoms with Gasteiger partial charge in [0.2, 0.25) is 0 Å². The summed E-state index contributed by atoms with van der Waals surface area (Å²) in [6.45, 7) is 5.39. The SMILES string of the molecule is C#CCOc1ccc(Br)cc1CNC1CCN(CCCOC)CC1. The molecule has 1 heterocycles. The first-order valence-electron chi connectivity index (χ1n) is 8.52. The second kappa shape index (κ2) is 10.7. The van der Waals surface area contributed by atoms with Gasteiger partial charge in [0.05, 0.1) is 0 Å². The Morgan fingerprint density at radius 1 is 1.38 bits per heavy atom. The van der Waals surface area contributed by atoms with Crippen LogP contribution in [0.5, 0.6) is 5.75 Å². The zero-order valence-corrected chi connectivity index (χ0v) is 16.0. The van der Waals surface area contributed by atoms with E-state index in [4.69, 9.17) is 15.9 Å². The number of methoxy groups -OCH3 is 1. The number of nitrogens with one attached hydrogen (secondary N) is 1. The van der Waals surface area contributed by atoms with Crippen LogP contribution >= 0.6 is 15.9 Å². The molecular weight excluding hydrogens is 368 g/mol. The van der Waals surface area contributed by atoms with Gasteiger partial charge < -0.3 is 19.7 Å². The summed E-state index contributed by atoms with van der Waals surface area (Å²) < 4.78 is 11.8. The van der Waals surface area contributed by atoms with Crippen LogP contribution in [0.4, 0.5) is 0 Å². The van der Waals surface area contributed by atoms with Crippen molar-refractivity contribution in [2.45, 2.75) is 31.8 Å². The molecule has 5 heteroatoms. The second-order valence-corrected chi connectivity index (χ2v) is 7.00. The van der Waals surface area contributed by atoms with Crippen molar-refractivity contribution in [1.82, 2.24) is 10.2 Å². The van der Waals surface area contributed by atoms with Gasteiger partial charge in [-0.1, -0.05) is 21.9 Å². The number of piperidine rings is 1. The highest BCUT2D eigenvalue weighted by atomic mass is 79.9. The van der Waals surface area contributed by atoms with Gasteiger partial charge in [-0.2, -0.15) is 0 Å². The topological polar surface area (TPSA) is 33.7 Å². The van der Waals surface area contributed by atoms with Gasteiger partial charge in [0.25, 0.3) is 0 Å². The van der Waals surface area contributed by atoms with E-state index in [1.54, 1.807) is 7.11 Å². The van der Waals surface area contributed by atoms with E-state index in [1.807, 2.05) is 12.1 Å². The maximum atomic E-state index is 5.64. The fourth-order valence-electron chi connectivity index (χ4n) is 2.99. The average molecular weight is 395 g/mol. The van der Waals surface area contributed by atoms with Crippen molar-refractivity contribution in [3.8, 4) is 18.1 Å². The molecule has 0 spiro atoms. The summed E-state index contributed by atoms with van der Waals surface area (Å²) in [4.78, 5) is 2.53. The number of ether oxygens (including phenoxy) is 2. The average Bonchev–Trinajstić information content (AvgIpc) is 2.60. The maximum absolute atomic E-state index is 5.64. The molecule has 0 radical (unpaired) electrons. The van der Waals surface area contributed by atoms with E-state index in [9.17, 15) is 0 Å². The summed E-state index contributed by atoms with van der Waals surface area (Å²) >= 11 is 3.53. The fraction of sp³-hybridized carbons (Fsp3) is 0.579. The minimum atomic E-state index is 0.300. The van der Waals surface area contributed by atoms with Crippen LogP contribution in [0.2, 0.25) is 0 Å². The molecule has 1 aliphatic heterocycles. The summed E-state index contributed by atoms with van der Waals surface area (Å²) in [5.74, 6) is 3.38. The first-order valence-corrected chi connectivity index (χ1v) is 9.31. The number of hydrogen-bond acceptors (Lipinski definition) is 4. The third kappa shape index (κ3) is 6.45. The lowest BCUT2D eigenvalue weighted by Gasteiger charge is -2.32. The van der Waals surface area contributed by atoms with Crippen LogP contribution in [0.25, 0.3) is 0 Å². The van der Waals surface area contributed by atoms with Gasteiger partial charge in [-0.15, -0.1) is 6.42 Å². The molecule has 1 fully saturated rings. The van der Waals surface area contributed by atoms with E-state index in [2.05, 4.69) is 38.1 Å². The lowest BCUT2D eigenvalue weighted by Crippen LogP contribution is -2.42. The Hall–Kier alpha value is -1.06. The molecule has 1 aromatic carbocycles.